The first-order chi connectivity index (χ1) is 10.6. The zero-order valence-corrected chi connectivity index (χ0v) is 12.9. The Labute approximate surface area is 129 Å². The first-order valence-corrected chi connectivity index (χ1v) is 7.54. The zero-order chi connectivity index (χ0) is 15.4. The van der Waals surface area contributed by atoms with Crippen molar-refractivity contribution >= 4 is 22.3 Å². The molecule has 1 aliphatic heterocycles. The summed E-state index contributed by atoms with van der Waals surface area (Å²) in [6.07, 6.45) is 1.94. The molecule has 1 aliphatic carbocycles. The van der Waals surface area contributed by atoms with Gasteiger partial charge in [0.05, 0.1) is 19.7 Å². The molecule has 0 unspecified atom stereocenters. The molecular formula is C19H18NO2+. The van der Waals surface area contributed by atoms with Gasteiger partial charge in [-0.05, 0) is 18.4 Å². The molecule has 0 aromatic heterocycles. The largest absolute Gasteiger partial charge is 0.437 e. The minimum atomic E-state index is -0.0490. The van der Waals surface area contributed by atoms with Gasteiger partial charge in [0.2, 0.25) is 0 Å². The van der Waals surface area contributed by atoms with Gasteiger partial charge in [0.1, 0.15) is 5.76 Å². The first-order valence-electron chi connectivity index (χ1n) is 7.54. The lowest BCUT2D eigenvalue weighted by molar-refractivity contribution is -0.901. The Kier molecular flexibility index (Phi) is 2.75. The number of quaternary nitrogens is 1. The topological polar surface area (TPSA) is 30.7 Å². The Hall–Kier alpha value is -2.39. The maximum atomic E-state index is 12.9. The molecule has 22 heavy (non-hydrogen) atoms. The van der Waals surface area contributed by atoms with E-state index in [2.05, 4.69) is 14.1 Å². The molecule has 2 aliphatic rings. The maximum absolute atomic E-state index is 12.9. The van der Waals surface area contributed by atoms with Gasteiger partial charge in [-0.3, -0.25) is 4.79 Å². The second kappa shape index (κ2) is 4.55. The van der Waals surface area contributed by atoms with Gasteiger partial charge in [0.15, 0.2) is 5.78 Å². The van der Waals surface area contributed by atoms with E-state index in [9.17, 15) is 4.79 Å². The fraction of sp³-hybridized carbons (Fsp3) is 0.211. The summed E-state index contributed by atoms with van der Waals surface area (Å²) < 4.78 is 6.24. The lowest BCUT2D eigenvalue weighted by Gasteiger charge is -2.31. The smallest absolute Gasteiger partial charge is 0.254 e. The number of hydrogen-bond donors (Lipinski definition) is 1. The van der Waals surface area contributed by atoms with E-state index < -0.39 is 0 Å². The van der Waals surface area contributed by atoms with Crippen molar-refractivity contribution in [3.8, 4) is 0 Å². The molecule has 110 valence electrons. The van der Waals surface area contributed by atoms with Crippen molar-refractivity contribution in [2.45, 2.75) is 13.2 Å². The van der Waals surface area contributed by atoms with Crippen molar-refractivity contribution in [3.05, 3.63) is 64.7 Å². The number of rotatable bonds is 1. The molecule has 2 aromatic rings. The number of nitrogens with one attached hydrogen (secondary N) is 1. The van der Waals surface area contributed by atoms with Crippen LogP contribution in [0.15, 0.2) is 53.6 Å². The number of carbonyl (C=O) groups excluding carboxylic acids is 1. The number of carbonyl (C=O) groups is 1. The molecule has 4 rings (SSSR count). The standard InChI is InChI=1S/C19H17NO2/c1-11-10-15-17(21)13-8-4-6-12-7-5-9-14(16(12)13)18(15)22-19(11)20(2)3/h4-10,19H,1-3H3/p+1/t19-/m1/s1. The van der Waals surface area contributed by atoms with Crippen LogP contribution in [0.5, 0.6) is 0 Å². The lowest BCUT2D eigenvalue weighted by atomic mass is 9.85. The number of Topliss-reactive ketones (excluding diaryl/α,β-unsaturated/α-hetero) is 1. The van der Waals surface area contributed by atoms with Gasteiger partial charge >= 0.3 is 0 Å². The highest BCUT2D eigenvalue weighted by molar-refractivity contribution is 6.25. The molecule has 0 fully saturated rings. The molecule has 0 amide bonds. The highest BCUT2D eigenvalue weighted by Crippen LogP contribution is 2.40. The van der Waals surface area contributed by atoms with E-state index in [1.807, 2.05) is 49.4 Å². The van der Waals surface area contributed by atoms with Crippen LogP contribution >= 0.6 is 0 Å². The summed E-state index contributed by atoms with van der Waals surface area (Å²) >= 11 is 0. The predicted octanol–water partition coefficient (Wildman–Crippen LogP) is 2.19. The molecule has 0 radical (unpaired) electrons. The summed E-state index contributed by atoms with van der Waals surface area (Å²) in [5, 5.41) is 2.09. The van der Waals surface area contributed by atoms with Crippen LogP contribution in [0.25, 0.3) is 16.5 Å². The van der Waals surface area contributed by atoms with E-state index in [0.717, 1.165) is 33.2 Å². The quantitative estimate of drug-likeness (QED) is 0.873. The highest BCUT2D eigenvalue weighted by atomic mass is 16.5. The molecule has 0 saturated carbocycles. The zero-order valence-electron chi connectivity index (χ0n) is 12.9. The molecular weight excluding hydrogens is 274 g/mol. The lowest BCUT2D eigenvalue weighted by Crippen LogP contribution is -3.10. The number of ketones is 1. The van der Waals surface area contributed by atoms with E-state index in [0.29, 0.717) is 5.57 Å². The molecule has 1 atom stereocenters. The van der Waals surface area contributed by atoms with Crippen molar-refractivity contribution in [3.63, 3.8) is 0 Å². The maximum Gasteiger partial charge on any atom is 0.254 e. The Morgan fingerprint density at radius 1 is 1.05 bits per heavy atom. The van der Waals surface area contributed by atoms with E-state index in [4.69, 9.17) is 4.74 Å². The summed E-state index contributed by atoms with van der Waals surface area (Å²) in [6, 6.07) is 12.0. The van der Waals surface area contributed by atoms with Gasteiger partial charge in [0.25, 0.3) is 6.23 Å². The third-order valence-electron chi connectivity index (χ3n) is 4.43. The minimum absolute atomic E-state index is 0.0490. The van der Waals surface area contributed by atoms with Crippen LogP contribution in [0, 0.1) is 0 Å². The minimum Gasteiger partial charge on any atom is -0.437 e. The third-order valence-corrected chi connectivity index (χ3v) is 4.43. The monoisotopic (exact) mass is 292 g/mol. The van der Waals surface area contributed by atoms with Crippen LogP contribution < -0.4 is 4.90 Å². The summed E-state index contributed by atoms with van der Waals surface area (Å²) in [4.78, 5) is 14.1. The molecule has 1 N–H and O–H groups in total. The van der Waals surface area contributed by atoms with Crippen LogP contribution in [-0.4, -0.2) is 26.1 Å². The predicted molar refractivity (Wildman–Crippen MR) is 86.6 cm³/mol. The van der Waals surface area contributed by atoms with Gasteiger partial charge in [-0.2, -0.15) is 0 Å². The second-order valence-electron chi connectivity index (χ2n) is 6.24. The number of benzene rings is 2. The summed E-state index contributed by atoms with van der Waals surface area (Å²) in [7, 11) is 4.12. The molecule has 2 aromatic carbocycles. The number of hydrogen-bond acceptors (Lipinski definition) is 2. The normalized spacial score (nSPS) is 20.1. The fourth-order valence-electron chi connectivity index (χ4n) is 3.46. The van der Waals surface area contributed by atoms with Gasteiger partial charge in [0, 0.05) is 22.1 Å². The molecule has 3 nitrogen and oxygen atoms in total. The van der Waals surface area contributed by atoms with E-state index >= 15 is 0 Å². The van der Waals surface area contributed by atoms with Gasteiger partial charge < -0.3 is 9.64 Å². The molecule has 0 bridgehead atoms. The van der Waals surface area contributed by atoms with Crippen LogP contribution in [-0.2, 0) is 4.74 Å². The van der Waals surface area contributed by atoms with Gasteiger partial charge in [-0.15, -0.1) is 0 Å². The molecule has 1 heterocycles. The van der Waals surface area contributed by atoms with Gasteiger partial charge in [-0.25, -0.2) is 0 Å². The highest BCUT2D eigenvalue weighted by Gasteiger charge is 2.34. The van der Waals surface area contributed by atoms with Crippen LogP contribution in [0.2, 0.25) is 0 Å². The SMILES string of the molecule is CC1=CC2=C(O[C@H]1[NH+](C)C)c1cccc3cccc(c13)C2=O. The van der Waals surface area contributed by atoms with Crippen molar-refractivity contribution in [2.24, 2.45) is 0 Å². The van der Waals surface area contributed by atoms with Crippen molar-refractivity contribution in [1.82, 2.24) is 0 Å². The third kappa shape index (κ3) is 1.69. The molecule has 3 heteroatoms. The average molecular weight is 292 g/mol. The Balaban J connectivity index is 2.02. The second-order valence-corrected chi connectivity index (χ2v) is 6.24. The Morgan fingerprint density at radius 3 is 2.41 bits per heavy atom. The van der Waals surface area contributed by atoms with Crippen LogP contribution in [0.1, 0.15) is 22.8 Å². The fourth-order valence-corrected chi connectivity index (χ4v) is 3.46. The van der Waals surface area contributed by atoms with Crippen LogP contribution in [0.3, 0.4) is 0 Å². The summed E-state index contributed by atoms with van der Waals surface area (Å²) in [6.45, 7) is 2.02. The van der Waals surface area contributed by atoms with E-state index in [-0.39, 0.29) is 12.0 Å². The van der Waals surface area contributed by atoms with Crippen molar-refractivity contribution in [2.75, 3.05) is 14.1 Å². The first kappa shape index (κ1) is 13.3. The molecule has 0 spiro atoms. The number of allylic oxidation sites excluding steroid dienone is 2. The summed E-state index contributed by atoms with van der Waals surface area (Å²) in [5.41, 5.74) is 3.56. The number of likely N-dealkylation sites (N-methyl/N-ethyl adjacent to an activating group) is 1. The van der Waals surface area contributed by atoms with Gasteiger partial charge in [-0.1, -0.05) is 36.4 Å². The Morgan fingerprint density at radius 2 is 1.73 bits per heavy atom. The Bertz CT molecular complexity index is 869. The van der Waals surface area contributed by atoms with Crippen LogP contribution in [0.4, 0.5) is 0 Å². The van der Waals surface area contributed by atoms with Crippen molar-refractivity contribution < 1.29 is 14.4 Å². The van der Waals surface area contributed by atoms with E-state index in [1.165, 1.54) is 4.90 Å². The molecule has 0 saturated heterocycles. The van der Waals surface area contributed by atoms with Crippen molar-refractivity contribution in [1.29, 1.82) is 0 Å². The number of ether oxygens (including phenoxy) is 1. The van der Waals surface area contributed by atoms with E-state index in [1.54, 1.807) is 0 Å². The summed E-state index contributed by atoms with van der Waals surface area (Å²) in [5.74, 6) is 0.789. The average Bonchev–Trinajstić information content (AvgIpc) is 2.51. The number of fused-ring (bicyclic) bond motifs is 1.